The fraction of sp³-hybridized carbons (Fsp3) is 0.870. The zero-order valence-corrected chi connectivity index (χ0v) is 31.2. The first kappa shape index (κ1) is 35.4. The first-order valence-corrected chi connectivity index (χ1v) is 31.0. The fourth-order valence-electron chi connectivity index (χ4n) is 4.16. The van der Waals surface area contributed by atoms with Crippen LogP contribution in [0.4, 0.5) is 0 Å². The molecular weight excluding hydrogens is 539 g/mol. The van der Waals surface area contributed by atoms with E-state index in [9.17, 15) is 4.79 Å². The molecule has 0 saturated heterocycles. The van der Waals surface area contributed by atoms with Gasteiger partial charge in [-0.1, -0.05) is 19.7 Å². The molecule has 207 valence electrons. The number of amides is 1. The minimum absolute atomic E-state index is 0.00591. The average molecular weight is 595 g/mol. The molecule has 0 aliphatic heterocycles. The highest BCUT2D eigenvalue weighted by molar-refractivity contribution is 6.87. The van der Waals surface area contributed by atoms with E-state index in [2.05, 4.69) is 91.7 Å². The van der Waals surface area contributed by atoms with E-state index in [1.54, 1.807) is 0 Å². The van der Waals surface area contributed by atoms with Gasteiger partial charge < -0.3 is 21.7 Å². The Hall–Kier alpha value is 0.351. The van der Waals surface area contributed by atoms with Gasteiger partial charge in [-0.25, -0.2) is 0 Å². The average Bonchev–Trinajstić information content (AvgIpc) is 2.60. The molecular formula is C23H56NO5Si6. The van der Waals surface area contributed by atoms with Crippen LogP contribution in [0.5, 0.6) is 0 Å². The molecule has 0 saturated carbocycles. The summed E-state index contributed by atoms with van der Waals surface area (Å²) in [5.41, 5.74) is 0. The number of rotatable bonds is 18. The van der Waals surface area contributed by atoms with Crippen LogP contribution in [0.25, 0.3) is 0 Å². The van der Waals surface area contributed by atoms with Crippen molar-refractivity contribution in [3.8, 4) is 0 Å². The number of carbonyl (C=O) groups is 1. The number of carbonyl (C=O) groups excluding carboxylic acids is 1. The van der Waals surface area contributed by atoms with Gasteiger partial charge in [0.25, 0.3) is 0 Å². The third kappa shape index (κ3) is 18.3. The van der Waals surface area contributed by atoms with E-state index in [-0.39, 0.29) is 5.91 Å². The first-order valence-electron chi connectivity index (χ1n) is 13.0. The molecule has 0 heterocycles. The van der Waals surface area contributed by atoms with Crippen molar-refractivity contribution in [3.63, 3.8) is 0 Å². The van der Waals surface area contributed by atoms with Gasteiger partial charge in [0.15, 0.2) is 25.0 Å². The smallest absolute Gasteiger partial charge is 0.324 e. The molecule has 0 spiro atoms. The number of hydrogen-bond donors (Lipinski definition) is 0. The highest BCUT2D eigenvalue weighted by Crippen LogP contribution is 2.26. The lowest BCUT2D eigenvalue weighted by atomic mass is 10.3. The topological polar surface area (TPSA) is 57.2 Å². The van der Waals surface area contributed by atoms with Crippen LogP contribution in [0, 0.1) is 0 Å². The second-order valence-corrected chi connectivity index (χ2v) is 36.8. The van der Waals surface area contributed by atoms with Crippen molar-refractivity contribution in [3.05, 3.63) is 12.7 Å². The Labute approximate surface area is 224 Å². The van der Waals surface area contributed by atoms with Crippen molar-refractivity contribution in [2.24, 2.45) is 0 Å². The minimum atomic E-state index is -2.31. The third-order valence-electron chi connectivity index (χ3n) is 4.84. The van der Waals surface area contributed by atoms with Crippen LogP contribution in [0.2, 0.25) is 97.2 Å². The molecule has 0 aromatic heterocycles. The van der Waals surface area contributed by atoms with E-state index in [1.165, 1.54) is 6.08 Å². The molecule has 0 aromatic rings. The maximum absolute atomic E-state index is 12.7. The first-order chi connectivity index (χ1) is 15.6. The van der Waals surface area contributed by atoms with Gasteiger partial charge in [-0.2, -0.15) is 0 Å². The van der Waals surface area contributed by atoms with Crippen LogP contribution < -0.4 is 0 Å². The van der Waals surface area contributed by atoms with Gasteiger partial charge in [0, 0.05) is 19.3 Å². The zero-order chi connectivity index (χ0) is 27.7. The Morgan fingerprint density at radius 3 is 1.46 bits per heavy atom. The van der Waals surface area contributed by atoms with Crippen molar-refractivity contribution in [2.45, 2.75) is 110 Å². The standard InChI is InChI=1S/C23H56NO5Si6/c1-15-23(25)24(18-16-20-34(13,26-22-30(2)3)27-31(4,5)6)19-17-21-35(14,28-32(7,8)9)29-33(10,11)12/h15H,1,16-22H2,2-14H3. The summed E-state index contributed by atoms with van der Waals surface area (Å²) in [4.78, 5) is 14.6. The minimum Gasteiger partial charge on any atom is -0.437 e. The van der Waals surface area contributed by atoms with Crippen LogP contribution in [0.15, 0.2) is 12.7 Å². The van der Waals surface area contributed by atoms with Gasteiger partial charge in [-0.15, -0.1) is 0 Å². The van der Waals surface area contributed by atoms with Crippen LogP contribution in [0.3, 0.4) is 0 Å². The summed E-state index contributed by atoms with van der Waals surface area (Å²) in [6.45, 7) is 34.1. The summed E-state index contributed by atoms with van der Waals surface area (Å²) in [5, 5.41) is 0. The molecule has 0 bridgehead atoms. The highest BCUT2D eigenvalue weighted by Gasteiger charge is 2.40. The Balaban J connectivity index is 5.21. The highest BCUT2D eigenvalue weighted by atomic mass is 28.5. The van der Waals surface area contributed by atoms with E-state index in [0.29, 0.717) is 13.1 Å². The maximum atomic E-state index is 12.7. The fourth-order valence-corrected chi connectivity index (χ4v) is 25.8. The SMILES string of the molecule is C=CC(=O)N(CCC[Si](C)(OC[Si](C)C)O[Si](C)(C)C)CCC[Si](C)(O[Si](C)(C)C)O[Si](C)(C)C. The van der Waals surface area contributed by atoms with Crippen LogP contribution in [-0.2, 0) is 21.6 Å². The zero-order valence-electron chi connectivity index (χ0n) is 25.2. The molecule has 0 aliphatic rings. The van der Waals surface area contributed by atoms with E-state index < -0.39 is 50.9 Å². The predicted octanol–water partition coefficient (Wildman–Crippen LogP) is 6.79. The molecule has 35 heavy (non-hydrogen) atoms. The van der Waals surface area contributed by atoms with Gasteiger partial charge >= 0.3 is 17.1 Å². The molecule has 1 unspecified atom stereocenters. The van der Waals surface area contributed by atoms with E-state index >= 15 is 0 Å². The summed E-state index contributed by atoms with van der Waals surface area (Å²) < 4.78 is 26.3. The Kier molecular flexibility index (Phi) is 14.6. The van der Waals surface area contributed by atoms with Crippen molar-refractivity contribution in [2.75, 3.05) is 19.3 Å². The largest absolute Gasteiger partial charge is 0.437 e. The van der Waals surface area contributed by atoms with E-state index in [0.717, 1.165) is 31.2 Å². The quantitative estimate of drug-likeness (QED) is 0.129. The van der Waals surface area contributed by atoms with E-state index in [1.807, 2.05) is 4.90 Å². The van der Waals surface area contributed by atoms with Gasteiger partial charge in [-0.05, 0) is 103 Å². The van der Waals surface area contributed by atoms with Crippen molar-refractivity contribution in [1.29, 1.82) is 0 Å². The summed E-state index contributed by atoms with van der Waals surface area (Å²) >= 11 is 0. The predicted molar refractivity (Wildman–Crippen MR) is 166 cm³/mol. The molecule has 1 radical (unpaired) electrons. The van der Waals surface area contributed by atoms with Gasteiger partial charge in [0.05, 0.1) is 8.80 Å². The molecule has 0 fully saturated rings. The van der Waals surface area contributed by atoms with Crippen molar-refractivity contribution < 1.29 is 21.6 Å². The molecule has 0 N–H and O–H groups in total. The van der Waals surface area contributed by atoms with Gasteiger partial charge in [-0.3, -0.25) is 4.79 Å². The lowest BCUT2D eigenvalue weighted by Crippen LogP contribution is -2.52. The van der Waals surface area contributed by atoms with Crippen molar-refractivity contribution >= 4 is 56.8 Å². The summed E-state index contributed by atoms with van der Waals surface area (Å²) in [6, 6.07) is 1.80. The molecule has 0 aromatic carbocycles. The lowest BCUT2D eigenvalue weighted by molar-refractivity contribution is -0.126. The monoisotopic (exact) mass is 594 g/mol. The molecule has 12 heteroatoms. The van der Waals surface area contributed by atoms with Crippen LogP contribution >= 0.6 is 0 Å². The second kappa shape index (κ2) is 14.5. The Bertz CT molecular complexity index is 644. The molecule has 0 rings (SSSR count). The summed E-state index contributed by atoms with van der Waals surface area (Å²) in [6.07, 6.45) is 4.02. The second-order valence-electron chi connectivity index (χ2n) is 13.1. The molecule has 0 aliphatic carbocycles. The number of hydrogen-bond acceptors (Lipinski definition) is 5. The molecule has 1 atom stereocenters. The van der Waals surface area contributed by atoms with Crippen LogP contribution in [0.1, 0.15) is 12.8 Å². The third-order valence-corrected chi connectivity index (χ3v) is 21.7. The van der Waals surface area contributed by atoms with Crippen molar-refractivity contribution in [1.82, 2.24) is 4.90 Å². The maximum Gasteiger partial charge on any atom is 0.324 e. The summed E-state index contributed by atoms with van der Waals surface area (Å²) in [5.74, 6) is -0.00591. The molecule has 6 nitrogen and oxygen atoms in total. The van der Waals surface area contributed by atoms with Gasteiger partial charge in [0.2, 0.25) is 5.91 Å². The molecule has 1 amide bonds. The number of nitrogens with zero attached hydrogens (tertiary/aromatic N) is 1. The Morgan fingerprint density at radius 2 is 1.11 bits per heavy atom. The van der Waals surface area contributed by atoms with E-state index in [4.69, 9.17) is 16.8 Å². The normalized spacial score (nSPS) is 15.3. The lowest BCUT2D eigenvalue weighted by Gasteiger charge is -2.39. The van der Waals surface area contributed by atoms with Gasteiger partial charge in [0.1, 0.15) is 0 Å². The Morgan fingerprint density at radius 1 is 0.743 bits per heavy atom. The van der Waals surface area contributed by atoms with Crippen LogP contribution in [-0.4, -0.2) is 81.0 Å². The summed E-state index contributed by atoms with van der Waals surface area (Å²) in [7, 11) is -10.2.